The van der Waals surface area contributed by atoms with E-state index in [1.807, 2.05) is 0 Å². The third-order valence-electron chi connectivity index (χ3n) is 2.68. The molecule has 10 heteroatoms. The van der Waals surface area contributed by atoms with Crippen LogP contribution in [0.1, 0.15) is 0 Å². The molecule has 0 aromatic heterocycles. The van der Waals surface area contributed by atoms with Crippen LogP contribution in [0.3, 0.4) is 0 Å². The van der Waals surface area contributed by atoms with Crippen LogP contribution in [0, 0.1) is 0 Å². The van der Waals surface area contributed by atoms with E-state index in [4.69, 9.17) is 46.0 Å². The Morgan fingerprint density at radius 3 is 1.45 bits per heavy atom. The van der Waals surface area contributed by atoms with Crippen LogP contribution in [-0.2, 0) is 4.74 Å². The van der Waals surface area contributed by atoms with Gasteiger partial charge in [0.05, 0.1) is 19.8 Å². The fourth-order valence-electron chi connectivity index (χ4n) is 1.35. The highest BCUT2D eigenvalue weighted by Gasteiger charge is 2.41. The van der Waals surface area contributed by atoms with Crippen molar-refractivity contribution in [2.45, 2.75) is 42.9 Å². The van der Waals surface area contributed by atoms with Gasteiger partial charge in [-0.25, -0.2) is 0 Å². The van der Waals surface area contributed by atoms with E-state index in [0.717, 1.165) is 0 Å². The predicted molar refractivity (Wildman–Crippen MR) is 62.2 cm³/mol. The molecular formula is C10H22O10. The van der Waals surface area contributed by atoms with Crippen molar-refractivity contribution in [1.82, 2.24) is 0 Å². The van der Waals surface area contributed by atoms with Crippen LogP contribution in [0.2, 0.25) is 0 Å². The van der Waals surface area contributed by atoms with Gasteiger partial charge in [-0.2, -0.15) is 0 Å². The van der Waals surface area contributed by atoms with Crippen LogP contribution < -0.4 is 0 Å². The minimum atomic E-state index is -1.49. The third kappa shape index (κ3) is 5.54. The molecule has 0 aromatic rings. The van der Waals surface area contributed by atoms with E-state index in [-0.39, 0.29) is 0 Å². The molecule has 10 nitrogen and oxygen atoms in total. The lowest BCUT2D eigenvalue weighted by Gasteiger charge is -2.19. The summed E-state index contributed by atoms with van der Waals surface area (Å²) >= 11 is 0. The maximum atomic E-state index is 8.93. The lowest BCUT2D eigenvalue weighted by atomic mass is 10.1. The van der Waals surface area contributed by atoms with Crippen LogP contribution in [0.5, 0.6) is 0 Å². The van der Waals surface area contributed by atoms with Gasteiger partial charge >= 0.3 is 0 Å². The highest BCUT2D eigenvalue weighted by Crippen LogP contribution is 2.18. The fraction of sp³-hybridized carbons (Fsp3) is 1.00. The molecule has 0 aliphatic carbocycles. The maximum Gasteiger partial charge on any atom is 0.184 e. The average molecular weight is 302 g/mol. The molecule has 0 saturated carbocycles. The summed E-state index contributed by atoms with van der Waals surface area (Å²) in [5.74, 6) is 0. The average Bonchev–Trinajstić information content (AvgIpc) is 2.72. The van der Waals surface area contributed by atoms with Crippen LogP contribution in [0.4, 0.5) is 0 Å². The largest absolute Gasteiger partial charge is 0.394 e. The number of hydrogen-bond donors (Lipinski definition) is 9. The van der Waals surface area contributed by atoms with Crippen molar-refractivity contribution in [2.75, 3.05) is 19.8 Å². The smallest absolute Gasteiger partial charge is 0.184 e. The molecule has 0 spiro atoms. The lowest BCUT2D eigenvalue weighted by Crippen LogP contribution is -2.41. The summed E-state index contributed by atoms with van der Waals surface area (Å²) in [7, 11) is 0. The van der Waals surface area contributed by atoms with Crippen molar-refractivity contribution in [3.05, 3.63) is 0 Å². The van der Waals surface area contributed by atoms with Crippen molar-refractivity contribution < 1.29 is 50.7 Å². The first-order valence-corrected chi connectivity index (χ1v) is 5.86. The van der Waals surface area contributed by atoms with Gasteiger partial charge in [0, 0.05) is 0 Å². The van der Waals surface area contributed by atoms with Gasteiger partial charge in [0.15, 0.2) is 6.29 Å². The molecule has 1 fully saturated rings. The Labute approximate surface area is 114 Å². The van der Waals surface area contributed by atoms with Crippen molar-refractivity contribution in [3.8, 4) is 0 Å². The molecule has 20 heavy (non-hydrogen) atoms. The first-order valence-electron chi connectivity index (χ1n) is 5.86. The third-order valence-corrected chi connectivity index (χ3v) is 2.68. The Morgan fingerprint density at radius 2 is 1.25 bits per heavy atom. The summed E-state index contributed by atoms with van der Waals surface area (Å²) in [6.45, 7) is -1.69. The van der Waals surface area contributed by atoms with Crippen LogP contribution in [0.25, 0.3) is 0 Å². The minimum absolute atomic E-state index is 0.407. The first kappa shape index (κ1) is 19.6. The Bertz CT molecular complexity index is 242. The summed E-state index contributed by atoms with van der Waals surface area (Å²) in [6, 6.07) is 0. The van der Waals surface area contributed by atoms with E-state index in [2.05, 4.69) is 4.74 Å². The molecule has 9 N–H and O–H groups in total. The topological polar surface area (TPSA) is 191 Å². The zero-order valence-electron chi connectivity index (χ0n) is 10.6. The number of aliphatic hydroxyl groups excluding tert-OH is 9. The summed E-state index contributed by atoms with van der Waals surface area (Å²) in [5.41, 5.74) is 0. The van der Waals surface area contributed by atoms with Crippen LogP contribution >= 0.6 is 0 Å². The van der Waals surface area contributed by atoms with E-state index in [9.17, 15) is 0 Å². The predicted octanol–water partition coefficient (Wildman–Crippen LogP) is -5.53. The Hall–Kier alpha value is -0.400. The molecule has 6 atom stereocenters. The molecule has 1 rings (SSSR count). The quantitative estimate of drug-likeness (QED) is 0.236. The Kier molecular flexibility index (Phi) is 9.33. The second-order valence-electron chi connectivity index (χ2n) is 4.22. The molecule has 0 aromatic carbocycles. The van der Waals surface area contributed by atoms with E-state index in [1.54, 1.807) is 0 Å². The minimum Gasteiger partial charge on any atom is -0.394 e. The molecule has 1 saturated heterocycles. The molecule has 1 aliphatic heterocycles. The molecule has 0 amide bonds. The van der Waals surface area contributed by atoms with Gasteiger partial charge in [0.2, 0.25) is 0 Å². The van der Waals surface area contributed by atoms with Gasteiger partial charge in [-0.1, -0.05) is 0 Å². The van der Waals surface area contributed by atoms with Gasteiger partial charge in [0.25, 0.3) is 0 Å². The van der Waals surface area contributed by atoms with Gasteiger partial charge in [-0.05, 0) is 0 Å². The second kappa shape index (κ2) is 9.52. The van der Waals surface area contributed by atoms with E-state index >= 15 is 0 Å². The summed E-state index contributed by atoms with van der Waals surface area (Å²) in [5, 5.41) is 77.5. The number of ether oxygens (including phenoxy) is 1. The molecular weight excluding hydrogens is 280 g/mol. The molecule has 1 heterocycles. The lowest BCUT2D eigenvalue weighted by molar-refractivity contribution is -0.132. The van der Waals surface area contributed by atoms with Gasteiger partial charge < -0.3 is 50.7 Å². The number of hydrogen-bond acceptors (Lipinski definition) is 10. The number of aliphatic hydroxyl groups is 9. The van der Waals surface area contributed by atoms with Crippen molar-refractivity contribution in [2.24, 2.45) is 0 Å². The maximum absolute atomic E-state index is 8.93. The highest BCUT2D eigenvalue weighted by molar-refractivity contribution is 4.84. The Morgan fingerprint density at radius 1 is 0.800 bits per heavy atom. The summed E-state index contributed by atoms with van der Waals surface area (Å²) < 4.78 is 4.54. The second-order valence-corrected chi connectivity index (χ2v) is 4.22. The fourth-order valence-corrected chi connectivity index (χ4v) is 1.35. The van der Waals surface area contributed by atoms with E-state index in [1.165, 1.54) is 0 Å². The van der Waals surface area contributed by atoms with Crippen molar-refractivity contribution in [3.63, 3.8) is 0 Å². The standard InChI is InChI=1S/C5H10O5.C5H12O5/c6-1-2-3(7)4(8)5(9)10-2;6-1-3(8)5(10)4(9)2-7/h2-9H,1H2;3-10H,1-2H2/t2-,3-,4-,5?;/m1./s1. The molecule has 1 aliphatic rings. The SMILES string of the molecule is OCC(O)C(O)C(O)CO.OC[C@H]1OC(O)[C@H](O)[C@@H]1O. The number of rotatable bonds is 5. The first-order chi connectivity index (χ1) is 9.29. The van der Waals surface area contributed by atoms with Gasteiger partial charge in [-0.3, -0.25) is 0 Å². The van der Waals surface area contributed by atoms with E-state index in [0.29, 0.717) is 0 Å². The van der Waals surface area contributed by atoms with Crippen molar-refractivity contribution in [1.29, 1.82) is 0 Å². The van der Waals surface area contributed by atoms with Crippen molar-refractivity contribution >= 4 is 0 Å². The zero-order valence-corrected chi connectivity index (χ0v) is 10.6. The van der Waals surface area contributed by atoms with Crippen LogP contribution in [0.15, 0.2) is 0 Å². The van der Waals surface area contributed by atoms with Gasteiger partial charge in [0.1, 0.15) is 36.6 Å². The summed E-state index contributed by atoms with van der Waals surface area (Å²) in [6.07, 6.45) is -9.05. The molecule has 0 bridgehead atoms. The molecule has 3 unspecified atom stereocenters. The summed E-state index contributed by atoms with van der Waals surface area (Å²) in [4.78, 5) is 0. The van der Waals surface area contributed by atoms with E-state index < -0.39 is 62.7 Å². The normalized spacial score (nSPS) is 34.0. The highest BCUT2D eigenvalue weighted by atomic mass is 16.6. The van der Waals surface area contributed by atoms with Gasteiger partial charge in [-0.15, -0.1) is 0 Å². The Balaban J connectivity index is 0.000000361. The van der Waals surface area contributed by atoms with Crippen LogP contribution in [-0.4, -0.2) is 109 Å². The molecule has 122 valence electrons. The molecule has 0 radical (unpaired) electrons. The monoisotopic (exact) mass is 302 g/mol. The zero-order chi connectivity index (χ0) is 15.9.